The van der Waals surface area contributed by atoms with E-state index < -0.39 is 9.84 Å². The van der Waals surface area contributed by atoms with Gasteiger partial charge in [-0.15, -0.1) is 0 Å². The Labute approximate surface area is 151 Å². The van der Waals surface area contributed by atoms with Crippen LogP contribution in [0.1, 0.15) is 23.0 Å². The SMILES string of the molecule is CC(=O)c1ccc(-n2nc(C#N)cc2-c2ccc(S(C)(=O)=O)cc2)cc1. The van der Waals surface area contributed by atoms with Gasteiger partial charge in [0.15, 0.2) is 21.3 Å². The highest BCUT2D eigenvalue weighted by Crippen LogP contribution is 2.25. The van der Waals surface area contributed by atoms with Gasteiger partial charge in [-0.3, -0.25) is 4.79 Å². The fourth-order valence-electron chi connectivity index (χ4n) is 2.55. The summed E-state index contributed by atoms with van der Waals surface area (Å²) in [5.74, 6) is -0.0358. The second-order valence-electron chi connectivity index (χ2n) is 5.84. The zero-order valence-electron chi connectivity index (χ0n) is 14.2. The Balaban J connectivity index is 2.10. The Morgan fingerprint density at radius 1 is 1.08 bits per heavy atom. The Morgan fingerprint density at radius 3 is 2.19 bits per heavy atom. The highest BCUT2D eigenvalue weighted by Gasteiger charge is 2.13. The van der Waals surface area contributed by atoms with Crippen molar-refractivity contribution in [2.75, 3.05) is 6.26 Å². The molecule has 3 rings (SSSR count). The van der Waals surface area contributed by atoms with Crippen LogP contribution in [0.3, 0.4) is 0 Å². The van der Waals surface area contributed by atoms with Gasteiger partial charge in [-0.25, -0.2) is 13.1 Å². The summed E-state index contributed by atoms with van der Waals surface area (Å²) in [5.41, 5.74) is 2.89. The molecule has 0 saturated heterocycles. The molecule has 0 saturated carbocycles. The number of carbonyl (C=O) groups is 1. The number of hydrogen-bond donors (Lipinski definition) is 0. The second kappa shape index (κ2) is 6.58. The fourth-order valence-corrected chi connectivity index (χ4v) is 3.18. The average Bonchev–Trinajstić information content (AvgIpc) is 3.05. The molecule has 1 aromatic heterocycles. The van der Waals surface area contributed by atoms with Crippen molar-refractivity contribution in [1.29, 1.82) is 5.26 Å². The van der Waals surface area contributed by atoms with E-state index in [0.29, 0.717) is 16.9 Å². The molecule has 0 aliphatic carbocycles. The van der Waals surface area contributed by atoms with E-state index in [9.17, 15) is 18.5 Å². The first kappa shape index (κ1) is 17.6. The molecule has 2 aromatic carbocycles. The first-order valence-corrected chi connectivity index (χ1v) is 9.61. The highest BCUT2D eigenvalue weighted by atomic mass is 32.2. The standard InChI is InChI=1S/C19H15N3O3S/c1-13(23)14-3-7-17(8-4-14)22-19(11-16(12-20)21-22)15-5-9-18(10-6-15)26(2,24)25/h3-11H,1-2H3. The van der Waals surface area contributed by atoms with Crippen molar-refractivity contribution in [2.24, 2.45) is 0 Å². The predicted molar refractivity (Wildman–Crippen MR) is 96.8 cm³/mol. The number of Topliss-reactive ketones (excluding diaryl/α,β-unsaturated/α-hetero) is 1. The first-order chi connectivity index (χ1) is 12.3. The monoisotopic (exact) mass is 365 g/mol. The summed E-state index contributed by atoms with van der Waals surface area (Å²) in [7, 11) is -3.28. The van der Waals surface area contributed by atoms with Crippen LogP contribution in [0.2, 0.25) is 0 Å². The third-order valence-electron chi connectivity index (χ3n) is 3.92. The van der Waals surface area contributed by atoms with Crippen molar-refractivity contribution >= 4 is 15.6 Å². The van der Waals surface area contributed by atoms with E-state index >= 15 is 0 Å². The Kier molecular flexibility index (Phi) is 4.45. The third kappa shape index (κ3) is 3.41. The Bertz CT molecular complexity index is 1120. The van der Waals surface area contributed by atoms with Gasteiger partial charge in [0.1, 0.15) is 6.07 Å². The summed E-state index contributed by atoms with van der Waals surface area (Å²) in [6, 6.07) is 16.9. The molecule has 0 spiro atoms. The molecule has 6 nitrogen and oxygen atoms in total. The molecule has 0 N–H and O–H groups in total. The van der Waals surface area contributed by atoms with Crippen LogP contribution in [0.15, 0.2) is 59.5 Å². The van der Waals surface area contributed by atoms with E-state index in [1.807, 2.05) is 6.07 Å². The van der Waals surface area contributed by atoms with Gasteiger partial charge < -0.3 is 0 Å². The number of nitrogens with zero attached hydrogens (tertiary/aromatic N) is 3. The molecule has 0 bridgehead atoms. The first-order valence-electron chi connectivity index (χ1n) is 7.71. The predicted octanol–water partition coefficient (Wildman–Crippen LogP) is 3.02. The molecule has 3 aromatic rings. The third-order valence-corrected chi connectivity index (χ3v) is 5.05. The molecular weight excluding hydrogens is 350 g/mol. The number of aromatic nitrogens is 2. The number of rotatable bonds is 4. The summed E-state index contributed by atoms with van der Waals surface area (Å²) in [4.78, 5) is 11.7. The molecule has 1 heterocycles. The molecule has 0 fully saturated rings. The normalized spacial score (nSPS) is 11.1. The van der Waals surface area contributed by atoms with Crippen LogP contribution in [-0.4, -0.2) is 30.2 Å². The molecule has 0 amide bonds. The lowest BCUT2D eigenvalue weighted by Crippen LogP contribution is -2.01. The van der Waals surface area contributed by atoms with Crippen molar-refractivity contribution in [3.63, 3.8) is 0 Å². The van der Waals surface area contributed by atoms with Crippen LogP contribution < -0.4 is 0 Å². The molecular formula is C19H15N3O3S. The summed E-state index contributed by atoms with van der Waals surface area (Å²) in [5, 5.41) is 13.5. The van der Waals surface area contributed by atoms with Crippen LogP contribution >= 0.6 is 0 Å². The largest absolute Gasteiger partial charge is 0.295 e. The minimum atomic E-state index is -3.28. The topological polar surface area (TPSA) is 92.8 Å². The molecule has 0 radical (unpaired) electrons. The van der Waals surface area contributed by atoms with Crippen LogP contribution in [0.5, 0.6) is 0 Å². The van der Waals surface area contributed by atoms with Gasteiger partial charge in [0.25, 0.3) is 0 Å². The lowest BCUT2D eigenvalue weighted by atomic mass is 10.1. The minimum absolute atomic E-state index is 0.0358. The smallest absolute Gasteiger partial charge is 0.175 e. The zero-order chi connectivity index (χ0) is 18.9. The molecule has 0 aliphatic rings. The zero-order valence-corrected chi connectivity index (χ0v) is 15.0. The van der Waals surface area contributed by atoms with Crippen molar-refractivity contribution in [1.82, 2.24) is 9.78 Å². The Hall–Kier alpha value is -3.24. The molecule has 26 heavy (non-hydrogen) atoms. The fraction of sp³-hybridized carbons (Fsp3) is 0.105. The van der Waals surface area contributed by atoms with Gasteiger partial charge in [-0.2, -0.15) is 10.4 Å². The Morgan fingerprint density at radius 2 is 1.69 bits per heavy atom. The lowest BCUT2D eigenvalue weighted by molar-refractivity contribution is 0.101. The summed E-state index contributed by atoms with van der Waals surface area (Å²) in [6.07, 6.45) is 1.15. The van der Waals surface area contributed by atoms with E-state index in [2.05, 4.69) is 5.10 Å². The number of carbonyl (C=O) groups excluding carboxylic acids is 1. The van der Waals surface area contributed by atoms with Gasteiger partial charge >= 0.3 is 0 Å². The van der Waals surface area contributed by atoms with Gasteiger partial charge in [0.05, 0.1) is 16.3 Å². The molecule has 7 heteroatoms. The molecule has 0 unspecified atom stereocenters. The van der Waals surface area contributed by atoms with Gasteiger partial charge in [0.2, 0.25) is 0 Å². The summed E-state index contributed by atoms with van der Waals surface area (Å²) in [6.45, 7) is 1.49. The number of hydrogen-bond acceptors (Lipinski definition) is 5. The number of benzene rings is 2. The maximum atomic E-state index is 11.6. The molecule has 0 atom stereocenters. The second-order valence-corrected chi connectivity index (χ2v) is 7.85. The quantitative estimate of drug-likeness (QED) is 0.663. The van der Waals surface area contributed by atoms with E-state index in [-0.39, 0.29) is 16.4 Å². The molecule has 0 aliphatic heterocycles. The highest BCUT2D eigenvalue weighted by molar-refractivity contribution is 7.90. The average molecular weight is 365 g/mol. The van der Waals surface area contributed by atoms with Crippen molar-refractivity contribution in [3.05, 3.63) is 65.9 Å². The lowest BCUT2D eigenvalue weighted by Gasteiger charge is -2.09. The van der Waals surface area contributed by atoms with Gasteiger partial charge in [-0.1, -0.05) is 12.1 Å². The molecule has 130 valence electrons. The number of nitriles is 1. The van der Waals surface area contributed by atoms with Crippen LogP contribution in [0.4, 0.5) is 0 Å². The van der Waals surface area contributed by atoms with Gasteiger partial charge in [-0.05, 0) is 43.3 Å². The van der Waals surface area contributed by atoms with Gasteiger partial charge in [0, 0.05) is 23.4 Å². The maximum Gasteiger partial charge on any atom is 0.175 e. The van der Waals surface area contributed by atoms with Crippen LogP contribution in [0.25, 0.3) is 16.9 Å². The van der Waals surface area contributed by atoms with E-state index in [4.69, 9.17) is 0 Å². The number of sulfone groups is 1. The van der Waals surface area contributed by atoms with E-state index in [1.54, 1.807) is 47.1 Å². The van der Waals surface area contributed by atoms with E-state index in [1.165, 1.54) is 19.1 Å². The summed E-state index contributed by atoms with van der Waals surface area (Å²) >= 11 is 0. The van der Waals surface area contributed by atoms with Crippen molar-refractivity contribution in [3.8, 4) is 23.0 Å². The van der Waals surface area contributed by atoms with Crippen LogP contribution in [-0.2, 0) is 9.84 Å². The van der Waals surface area contributed by atoms with Crippen molar-refractivity contribution < 1.29 is 13.2 Å². The van der Waals surface area contributed by atoms with Crippen molar-refractivity contribution in [2.45, 2.75) is 11.8 Å². The number of ketones is 1. The van der Waals surface area contributed by atoms with Crippen LogP contribution in [0, 0.1) is 11.3 Å². The maximum absolute atomic E-state index is 11.6. The van der Waals surface area contributed by atoms with E-state index in [0.717, 1.165) is 11.8 Å². The minimum Gasteiger partial charge on any atom is -0.295 e. The summed E-state index contributed by atoms with van der Waals surface area (Å²) < 4.78 is 24.8.